The van der Waals surface area contributed by atoms with Crippen molar-refractivity contribution in [2.75, 3.05) is 6.54 Å². The Hall–Kier alpha value is -0.350. The van der Waals surface area contributed by atoms with Crippen LogP contribution in [-0.4, -0.2) is 22.2 Å². The minimum atomic E-state index is -0.0323. The first-order valence-electron chi connectivity index (χ1n) is 5.66. The third-order valence-electron chi connectivity index (χ3n) is 3.19. The van der Waals surface area contributed by atoms with E-state index in [9.17, 15) is 4.79 Å². The van der Waals surface area contributed by atoms with E-state index in [0.29, 0.717) is 0 Å². The molecule has 1 aliphatic rings. The Bertz CT molecular complexity index is 390. The van der Waals surface area contributed by atoms with Crippen LogP contribution in [0.1, 0.15) is 36.8 Å². The van der Waals surface area contributed by atoms with E-state index in [1.165, 1.54) is 10.4 Å². The monoisotopic (exact) mass is 301 g/mol. The van der Waals surface area contributed by atoms with E-state index < -0.39 is 0 Å². The molecule has 0 radical (unpaired) electrons. The van der Waals surface area contributed by atoms with Crippen LogP contribution in [0.5, 0.6) is 0 Å². The van der Waals surface area contributed by atoms with Crippen molar-refractivity contribution < 1.29 is 4.79 Å². The number of nitrogens with zero attached hydrogens (tertiary/aromatic N) is 1. The quantitative estimate of drug-likeness (QED) is 0.767. The van der Waals surface area contributed by atoms with E-state index in [2.05, 4.69) is 34.3 Å². The zero-order valence-electron chi connectivity index (χ0n) is 9.57. The summed E-state index contributed by atoms with van der Waals surface area (Å²) in [5, 5.41) is 2.13. The number of rotatable bonds is 2. The summed E-state index contributed by atoms with van der Waals surface area (Å²) < 4.78 is 0. The Morgan fingerprint density at radius 3 is 3.19 bits per heavy atom. The van der Waals surface area contributed by atoms with Gasteiger partial charge in [0.15, 0.2) is 0 Å². The van der Waals surface area contributed by atoms with Gasteiger partial charge in [-0.2, -0.15) is 0 Å². The topological polar surface area (TPSA) is 20.3 Å². The SMILES string of the molecule is CCC(Br)C(=O)N1CCc2sccc2C1C. The number of carbonyl (C=O) groups is 1. The average molecular weight is 302 g/mol. The molecule has 2 rings (SSSR count). The molecule has 2 heterocycles. The van der Waals surface area contributed by atoms with Crippen LogP contribution < -0.4 is 0 Å². The van der Waals surface area contributed by atoms with Crippen LogP contribution in [0.4, 0.5) is 0 Å². The minimum absolute atomic E-state index is 0.0323. The number of fused-ring (bicyclic) bond motifs is 1. The van der Waals surface area contributed by atoms with Crippen LogP contribution in [0.2, 0.25) is 0 Å². The lowest BCUT2D eigenvalue weighted by Crippen LogP contribution is -2.42. The number of carbonyl (C=O) groups excluding carboxylic acids is 1. The van der Waals surface area contributed by atoms with Gasteiger partial charge < -0.3 is 4.90 Å². The summed E-state index contributed by atoms with van der Waals surface area (Å²) in [6.45, 7) is 5.01. The molecule has 2 unspecified atom stereocenters. The van der Waals surface area contributed by atoms with Crippen molar-refractivity contribution >= 4 is 33.2 Å². The Kier molecular flexibility index (Phi) is 3.70. The molecule has 1 aromatic rings. The highest BCUT2D eigenvalue weighted by Crippen LogP contribution is 2.33. The third-order valence-corrected chi connectivity index (χ3v) is 5.22. The molecule has 0 saturated heterocycles. The van der Waals surface area contributed by atoms with Gasteiger partial charge in [0.05, 0.1) is 10.9 Å². The van der Waals surface area contributed by atoms with Crippen molar-refractivity contribution in [3.63, 3.8) is 0 Å². The number of hydrogen-bond acceptors (Lipinski definition) is 2. The molecule has 0 spiro atoms. The summed E-state index contributed by atoms with van der Waals surface area (Å²) in [6, 6.07) is 2.38. The molecular formula is C12H16BrNOS. The Balaban J connectivity index is 2.18. The van der Waals surface area contributed by atoms with E-state index in [1.54, 1.807) is 0 Å². The molecule has 88 valence electrons. The van der Waals surface area contributed by atoms with E-state index in [1.807, 2.05) is 23.2 Å². The van der Waals surface area contributed by atoms with Crippen LogP contribution in [0.3, 0.4) is 0 Å². The van der Waals surface area contributed by atoms with Gasteiger partial charge in [0.25, 0.3) is 0 Å². The molecule has 4 heteroatoms. The zero-order valence-corrected chi connectivity index (χ0v) is 12.0. The van der Waals surface area contributed by atoms with Crippen molar-refractivity contribution in [2.24, 2.45) is 0 Å². The van der Waals surface area contributed by atoms with Crippen molar-refractivity contribution in [3.8, 4) is 0 Å². The lowest BCUT2D eigenvalue weighted by atomic mass is 10.0. The lowest BCUT2D eigenvalue weighted by Gasteiger charge is -2.34. The summed E-state index contributed by atoms with van der Waals surface area (Å²) in [7, 11) is 0. The van der Waals surface area contributed by atoms with Gasteiger partial charge in [-0.25, -0.2) is 0 Å². The average Bonchev–Trinajstić information content (AvgIpc) is 2.76. The molecule has 0 saturated carbocycles. The van der Waals surface area contributed by atoms with Gasteiger partial charge in [-0.05, 0) is 36.8 Å². The number of amides is 1. The molecule has 0 fully saturated rings. The van der Waals surface area contributed by atoms with Crippen molar-refractivity contribution in [2.45, 2.75) is 37.6 Å². The van der Waals surface area contributed by atoms with E-state index in [4.69, 9.17) is 0 Å². The molecule has 1 aliphatic heterocycles. The molecule has 0 bridgehead atoms. The Morgan fingerprint density at radius 1 is 1.75 bits per heavy atom. The van der Waals surface area contributed by atoms with Crippen LogP contribution in [0.15, 0.2) is 11.4 Å². The van der Waals surface area contributed by atoms with E-state index in [0.717, 1.165) is 19.4 Å². The van der Waals surface area contributed by atoms with Gasteiger partial charge in [0.1, 0.15) is 0 Å². The molecule has 0 aromatic carbocycles. The highest BCUT2D eigenvalue weighted by atomic mass is 79.9. The molecule has 1 amide bonds. The second kappa shape index (κ2) is 4.88. The summed E-state index contributed by atoms with van der Waals surface area (Å²) in [6.07, 6.45) is 1.85. The van der Waals surface area contributed by atoms with Gasteiger partial charge in [-0.15, -0.1) is 11.3 Å². The molecule has 2 nitrogen and oxygen atoms in total. The number of halogens is 1. The first-order chi connectivity index (χ1) is 7.65. The highest BCUT2D eigenvalue weighted by molar-refractivity contribution is 9.10. The van der Waals surface area contributed by atoms with Crippen LogP contribution in [0.25, 0.3) is 0 Å². The highest BCUT2D eigenvalue weighted by Gasteiger charge is 2.30. The Labute approximate surface area is 109 Å². The standard InChI is InChI=1S/C12H16BrNOS/c1-3-10(13)12(15)14-6-4-11-9(8(14)2)5-7-16-11/h5,7-8,10H,3-4,6H2,1-2H3. The van der Waals surface area contributed by atoms with Gasteiger partial charge in [0, 0.05) is 11.4 Å². The number of alkyl halides is 1. The van der Waals surface area contributed by atoms with Gasteiger partial charge >= 0.3 is 0 Å². The molecule has 16 heavy (non-hydrogen) atoms. The maximum Gasteiger partial charge on any atom is 0.236 e. The third kappa shape index (κ3) is 2.05. The van der Waals surface area contributed by atoms with Crippen molar-refractivity contribution in [3.05, 3.63) is 21.9 Å². The van der Waals surface area contributed by atoms with Gasteiger partial charge in [-0.1, -0.05) is 22.9 Å². The fraction of sp³-hybridized carbons (Fsp3) is 0.583. The minimum Gasteiger partial charge on any atom is -0.335 e. The summed E-state index contributed by atoms with van der Waals surface area (Å²) >= 11 is 5.25. The largest absolute Gasteiger partial charge is 0.335 e. The lowest BCUT2D eigenvalue weighted by molar-refractivity contribution is -0.133. The van der Waals surface area contributed by atoms with Crippen molar-refractivity contribution in [1.29, 1.82) is 0 Å². The number of thiophene rings is 1. The molecule has 1 aromatic heterocycles. The van der Waals surface area contributed by atoms with Gasteiger partial charge in [0.2, 0.25) is 5.91 Å². The number of hydrogen-bond donors (Lipinski definition) is 0. The van der Waals surface area contributed by atoms with E-state index in [-0.39, 0.29) is 16.8 Å². The summed E-state index contributed by atoms with van der Waals surface area (Å²) in [4.78, 5) is 15.6. The predicted molar refractivity (Wildman–Crippen MR) is 71.2 cm³/mol. The molecular weight excluding hydrogens is 286 g/mol. The van der Waals surface area contributed by atoms with Crippen molar-refractivity contribution in [1.82, 2.24) is 4.90 Å². The summed E-state index contributed by atoms with van der Waals surface area (Å²) in [5.41, 5.74) is 1.33. The molecule has 0 aliphatic carbocycles. The summed E-state index contributed by atoms with van der Waals surface area (Å²) in [5.74, 6) is 0.229. The van der Waals surface area contributed by atoms with Crippen LogP contribution in [0, 0.1) is 0 Å². The van der Waals surface area contributed by atoms with E-state index >= 15 is 0 Å². The predicted octanol–water partition coefficient (Wildman–Crippen LogP) is 3.37. The van der Waals surface area contributed by atoms with Gasteiger partial charge in [-0.3, -0.25) is 4.79 Å². The van der Waals surface area contributed by atoms with Crippen LogP contribution >= 0.6 is 27.3 Å². The fourth-order valence-electron chi connectivity index (χ4n) is 2.17. The first kappa shape index (κ1) is 12.1. The second-order valence-corrected chi connectivity index (χ2v) is 6.24. The zero-order chi connectivity index (χ0) is 11.7. The second-order valence-electron chi connectivity index (χ2n) is 4.13. The molecule has 0 N–H and O–H groups in total. The van der Waals surface area contributed by atoms with Crippen LogP contribution in [-0.2, 0) is 11.2 Å². The maximum atomic E-state index is 12.2. The first-order valence-corrected chi connectivity index (χ1v) is 7.45. The molecule has 2 atom stereocenters. The normalized spacial score (nSPS) is 21.7. The fourth-order valence-corrected chi connectivity index (χ4v) is 3.39. The maximum absolute atomic E-state index is 12.2. The smallest absolute Gasteiger partial charge is 0.236 e. The Morgan fingerprint density at radius 2 is 2.50 bits per heavy atom.